The van der Waals surface area contributed by atoms with Gasteiger partial charge in [0.1, 0.15) is 0 Å². The van der Waals surface area contributed by atoms with Crippen molar-refractivity contribution in [2.75, 3.05) is 57.3 Å². The van der Waals surface area contributed by atoms with Gasteiger partial charge in [-0.3, -0.25) is 19.6 Å². The lowest BCUT2D eigenvalue weighted by atomic mass is 9.86. The maximum absolute atomic E-state index is 13.2. The van der Waals surface area contributed by atoms with Gasteiger partial charge in [-0.1, -0.05) is 6.07 Å². The van der Waals surface area contributed by atoms with Crippen molar-refractivity contribution in [1.82, 2.24) is 20.1 Å². The zero-order chi connectivity index (χ0) is 26.3. The molecule has 1 aromatic carbocycles. The van der Waals surface area contributed by atoms with Crippen molar-refractivity contribution in [3.8, 4) is 0 Å². The molecule has 202 valence electrons. The number of rotatable bonds is 9. The number of likely N-dealkylation sites (tertiary alicyclic amines) is 1. The number of aliphatic hydroxyl groups excluding tert-OH is 1. The lowest BCUT2D eigenvalue weighted by Crippen LogP contribution is -2.56. The number of nitrogens with one attached hydrogen (secondary N) is 1. The van der Waals surface area contributed by atoms with Crippen LogP contribution in [0.1, 0.15) is 30.4 Å². The van der Waals surface area contributed by atoms with Crippen molar-refractivity contribution in [3.63, 3.8) is 0 Å². The number of piperidine rings is 1. The molecule has 4 rings (SSSR count). The second kappa shape index (κ2) is 12.7. The number of hydrogen-bond acceptors (Lipinski definition) is 6. The molecule has 1 amide bonds. The summed E-state index contributed by atoms with van der Waals surface area (Å²) in [6.45, 7) is 5.75. The van der Waals surface area contributed by atoms with Gasteiger partial charge in [-0.15, -0.1) is 0 Å². The van der Waals surface area contributed by atoms with E-state index >= 15 is 0 Å². The van der Waals surface area contributed by atoms with Gasteiger partial charge in [0.15, 0.2) is 0 Å². The number of aromatic nitrogens is 1. The van der Waals surface area contributed by atoms with E-state index in [0.29, 0.717) is 37.2 Å². The average Bonchev–Trinajstić information content (AvgIpc) is 2.91. The first kappa shape index (κ1) is 27.3. The third kappa shape index (κ3) is 7.66. The Labute approximate surface area is 216 Å². The molecule has 0 unspecified atom stereocenters. The summed E-state index contributed by atoms with van der Waals surface area (Å²) in [6.07, 6.45) is 1.40. The van der Waals surface area contributed by atoms with Gasteiger partial charge >= 0.3 is 6.18 Å². The van der Waals surface area contributed by atoms with E-state index in [2.05, 4.69) is 20.1 Å². The van der Waals surface area contributed by atoms with Crippen molar-refractivity contribution in [2.45, 2.75) is 38.0 Å². The van der Waals surface area contributed by atoms with Gasteiger partial charge in [0.05, 0.1) is 12.2 Å². The summed E-state index contributed by atoms with van der Waals surface area (Å²) < 4.78 is 39.5. The van der Waals surface area contributed by atoms with Crippen LogP contribution in [-0.4, -0.2) is 84.3 Å². The highest BCUT2D eigenvalue weighted by Gasteiger charge is 2.35. The zero-order valence-corrected chi connectivity index (χ0v) is 21.0. The Hall–Kier alpha value is -2.69. The Balaban J connectivity index is 1.38. The maximum atomic E-state index is 13.2. The van der Waals surface area contributed by atoms with E-state index < -0.39 is 11.7 Å². The molecule has 0 saturated carbocycles. The summed E-state index contributed by atoms with van der Waals surface area (Å²) in [7, 11) is 0. The largest absolute Gasteiger partial charge is 0.416 e. The Morgan fingerprint density at radius 1 is 1.08 bits per heavy atom. The fraction of sp³-hybridized carbons (Fsp3) is 0.556. The van der Waals surface area contributed by atoms with Crippen LogP contribution in [0.3, 0.4) is 0 Å². The van der Waals surface area contributed by atoms with Crippen LogP contribution in [-0.2, 0) is 17.5 Å². The predicted octanol–water partition coefficient (Wildman–Crippen LogP) is 3.00. The zero-order valence-electron chi connectivity index (χ0n) is 21.0. The third-order valence-corrected chi connectivity index (χ3v) is 7.43. The summed E-state index contributed by atoms with van der Waals surface area (Å²) >= 11 is 0. The molecule has 2 aliphatic rings. The summed E-state index contributed by atoms with van der Waals surface area (Å²) in [4.78, 5) is 23.3. The normalized spacial score (nSPS) is 21.7. The van der Waals surface area contributed by atoms with Gasteiger partial charge in [-0.2, -0.15) is 13.2 Å². The molecule has 0 bridgehead atoms. The smallest absolute Gasteiger partial charge is 0.395 e. The van der Waals surface area contributed by atoms with Crippen LogP contribution >= 0.6 is 0 Å². The molecule has 0 radical (unpaired) electrons. The quantitative estimate of drug-likeness (QED) is 0.531. The molecule has 2 N–H and O–H groups in total. The first-order chi connectivity index (χ1) is 17.8. The monoisotopic (exact) mass is 519 g/mol. The maximum Gasteiger partial charge on any atom is 0.416 e. The molecule has 2 atom stereocenters. The number of hydrogen-bond donors (Lipinski definition) is 2. The summed E-state index contributed by atoms with van der Waals surface area (Å²) in [5, 5.41) is 11.7. The van der Waals surface area contributed by atoms with Crippen LogP contribution in [0.4, 0.5) is 18.9 Å². The minimum atomic E-state index is -4.35. The van der Waals surface area contributed by atoms with Gasteiger partial charge in [-0.05, 0) is 61.2 Å². The lowest BCUT2D eigenvalue weighted by molar-refractivity contribution is -0.137. The van der Waals surface area contributed by atoms with E-state index in [1.165, 1.54) is 17.7 Å². The third-order valence-electron chi connectivity index (χ3n) is 7.43. The van der Waals surface area contributed by atoms with Crippen molar-refractivity contribution in [2.24, 2.45) is 5.92 Å². The SMILES string of the molecule is O=C(CC[C@H]1CN(Cc2ccncc2)CC[C@H]1N1CCN(c2cccc(C(F)(F)F)c2)CC1)NCCO. The van der Waals surface area contributed by atoms with Gasteiger partial charge in [0.2, 0.25) is 5.91 Å². The Morgan fingerprint density at radius 2 is 1.84 bits per heavy atom. The number of carbonyl (C=O) groups excluding carboxylic acids is 1. The van der Waals surface area contributed by atoms with Gasteiger partial charge < -0.3 is 15.3 Å². The van der Waals surface area contributed by atoms with E-state index in [4.69, 9.17) is 5.11 Å². The van der Waals surface area contributed by atoms with E-state index in [-0.39, 0.29) is 19.1 Å². The molecule has 37 heavy (non-hydrogen) atoms. The van der Waals surface area contributed by atoms with Gasteiger partial charge in [0.25, 0.3) is 0 Å². The molecule has 0 spiro atoms. The second-order valence-corrected chi connectivity index (χ2v) is 9.89. The number of piperazine rings is 1. The van der Waals surface area contributed by atoms with E-state index in [0.717, 1.165) is 51.6 Å². The average molecular weight is 520 g/mol. The van der Waals surface area contributed by atoms with Crippen LogP contribution in [0.15, 0.2) is 48.8 Å². The van der Waals surface area contributed by atoms with E-state index in [1.54, 1.807) is 18.5 Å². The summed E-state index contributed by atoms with van der Waals surface area (Å²) in [5.74, 6) is 0.254. The molecule has 1 aromatic heterocycles. The molecule has 10 heteroatoms. The number of nitrogens with zero attached hydrogens (tertiary/aromatic N) is 4. The first-order valence-corrected chi connectivity index (χ1v) is 13.0. The molecule has 2 saturated heterocycles. The molecular weight excluding hydrogens is 483 g/mol. The Kier molecular flexibility index (Phi) is 9.39. The molecule has 2 aliphatic heterocycles. The fourth-order valence-electron chi connectivity index (χ4n) is 5.54. The predicted molar refractivity (Wildman–Crippen MR) is 136 cm³/mol. The molecule has 0 aliphatic carbocycles. The number of alkyl halides is 3. The molecule has 2 fully saturated rings. The number of carbonyl (C=O) groups is 1. The number of benzene rings is 1. The van der Waals surface area contributed by atoms with Crippen molar-refractivity contribution in [1.29, 1.82) is 0 Å². The second-order valence-electron chi connectivity index (χ2n) is 9.89. The standard InChI is InChI=1S/C27H36F3N5O2/c28-27(29,30)23-2-1-3-24(18-23)34-13-15-35(16-14-34)25-8-12-33(19-21-6-9-31-10-7-21)20-22(25)4-5-26(37)32-11-17-36/h1-3,6-7,9-10,18,22,25,36H,4-5,8,11-17,19-20H2,(H,32,37)/t22-,25+/m0/s1. The number of anilines is 1. The van der Waals surface area contributed by atoms with Gasteiger partial charge in [0, 0.05) is 76.4 Å². The van der Waals surface area contributed by atoms with Crippen molar-refractivity contribution < 1.29 is 23.1 Å². The van der Waals surface area contributed by atoms with Crippen molar-refractivity contribution in [3.05, 3.63) is 59.9 Å². The number of halogens is 3. The van der Waals surface area contributed by atoms with Gasteiger partial charge in [-0.25, -0.2) is 0 Å². The number of aliphatic hydroxyl groups is 1. The van der Waals surface area contributed by atoms with Crippen LogP contribution in [0, 0.1) is 5.92 Å². The number of amides is 1. The fourth-order valence-corrected chi connectivity index (χ4v) is 5.54. The first-order valence-electron chi connectivity index (χ1n) is 13.0. The summed E-state index contributed by atoms with van der Waals surface area (Å²) in [6, 6.07) is 9.94. The number of pyridine rings is 1. The minimum Gasteiger partial charge on any atom is -0.395 e. The highest BCUT2D eigenvalue weighted by molar-refractivity contribution is 5.75. The minimum absolute atomic E-state index is 0.0478. The molecule has 7 nitrogen and oxygen atoms in total. The summed E-state index contributed by atoms with van der Waals surface area (Å²) in [5.41, 5.74) is 1.20. The molecule has 3 heterocycles. The van der Waals surface area contributed by atoms with E-state index in [9.17, 15) is 18.0 Å². The lowest BCUT2D eigenvalue weighted by Gasteiger charge is -2.47. The molecular formula is C27H36F3N5O2. The van der Waals surface area contributed by atoms with Crippen molar-refractivity contribution >= 4 is 11.6 Å². The Morgan fingerprint density at radius 3 is 2.54 bits per heavy atom. The van der Waals surface area contributed by atoms with E-state index in [1.807, 2.05) is 17.0 Å². The van der Waals surface area contributed by atoms with Crippen LogP contribution < -0.4 is 10.2 Å². The molecule has 2 aromatic rings. The van der Waals surface area contributed by atoms with Crippen LogP contribution in [0.25, 0.3) is 0 Å². The Bertz CT molecular complexity index is 999. The highest BCUT2D eigenvalue weighted by Crippen LogP contribution is 2.33. The highest BCUT2D eigenvalue weighted by atomic mass is 19.4. The van der Waals surface area contributed by atoms with Crippen LogP contribution in [0.5, 0.6) is 0 Å². The van der Waals surface area contributed by atoms with Crippen LogP contribution in [0.2, 0.25) is 0 Å². The topological polar surface area (TPSA) is 71.9 Å².